The predicted molar refractivity (Wildman–Crippen MR) is 95.0 cm³/mol. The number of nitrogens with two attached hydrogens (primary N) is 1. The third kappa shape index (κ3) is 2.84. The lowest BCUT2D eigenvalue weighted by molar-refractivity contribution is 1.42. The summed E-state index contributed by atoms with van der Waals surface area (Å²) in [6.45, 7) is 0. The maximum Gasteiger partial charge on any atom is 0.0632 e. The maximum atomic E-state index is 6.45. The number of benzene rings is 2. The van der Waals surface area contributed by atoms with E-state index in [1.54, 1.807) is 23.1 Å². The molecule has 0 unspecified atom stereocenters. The number of anilines is 1. The first-order valence-corrected chi connectivity index (χ1v) is 8.96. The quantitative estimate of drug-likeness (QED) is 0.430. The van der Waals surface area contributed by atoms with Crippen LogP contribution in [0, 0.1) is 0 Å². The van der Waals surface area contributed by atoms with Gasteiger partial charge in [0.05, 0.1) is 5.02 Å². The van der Waals surface area contributed by atoms with E-state index >= 15 is 0 Å². The van der Waals surface area contributed by atoms with Gasteiger partial charge in [0.2, 0.25) is 0 Å². The van der Waals surface area contributed by atoms with Gasteiger partial charge < -0.3 is 5.73 Å². The van der Waals surface area contributed by atoms with Gasteiger partial charge in [-0.1, -0.05) is 45.7 Å². The molecule has 5 heteroatoms. The standard InChI is InChI=1S/C15H11BrClNS2/c16-9-5-6-13(11(18)7-9)19-8-14-15(17)10-3-1-2-4-12(10)20-14/h1-7H,8,18H2. The van der Waals surface area contributed by atoms with Crippen molar-refractivity contribution >= 4 is 66.4 Å². The Kier molecular flexibility index (Phi) is 4.26. The van der Waals surface area contributed by atoms with E-state index in [-0.39, 0.29) is 0 Å². The van der Waals surface area contributed by atoms with Crippen molar-refractivity contribution in [1.82, 2.24) is 0 Å². The Morgan fingerprint density at radius 2 is 2.00 bits per heavy atom. The molecule has 0 aliphatic heterocycles. The summed E-state index contributed by atoms with van der Waals surface area (Å²) < 4.78 is 2.23. The third-order valence-corrected chi connectivity index (χ3v) is 6.44. The van der Waals surface area contributed by atoms with Crippen molar-refractivity contribution in [3.05, 3.63) is 56.8 Å². The van der Waals surface area contributed by atoms with Crippen molar-refractivity contribution in [3.63, 3.8) is 0 Å². The van der Waals surface area contributed by atoms with Gasteiger partial charge in [-0.15, -0.1) is 23.1 Å². The molecule has 0 aliphatic rings. The number of thiophene rings is 1. The van der Waals surface area contributed by atoms with Gasteiger partial charge in [0.1, 0.15) is 0 Å². The minimum absolute atomic E-state index is 0.793. The largest absolute Gasteiger partial charge is 0.398 e. The van der Waals surface area contributed by atoms with E-state index in [0.29, 0.717) is 0 Å². The number of fused-ring (bicyclic) bond motifs is 1. The lowest BCUT2D eigenvalue weighted by Crippen LogP contribution is -1.88. The molecule has 1 aromatic heterocycles. The molecule has 0 aliphatic carbocycles. The second-order valence-electron chi connectivity index (χ2n) is 4.31. The van der Waals surface area contributed by atoms with Crippen molar-refractivity contribution in [2.24, 2.45) is 0 Å². The van der Waals surface area contributed by atoms with Gasteiger partial charge in [-0.3, -0.25) is 0 Å². The molecule has 0 saturated heterocycles. The van der Waals surface area contributed by atoms with Gasteiger partial charge in [-0.2, -0.15) is 0 Å². The first kappa shape index (κ1) is 14.3. The molecule has 20 heavy (non-hydrogen) atoms. The summed E-state index contributed by atoms with van der Waals surface area (Å²) in [6.07, 6.45) is 0. The van der Waals surface area contributed by atoms with Crippen LogP contribution in [0.25, 0.3) is 10.1 Å². The Morgan fingerprint density at radius 3 is 2.75 bits per heavy atom. The Morgan fingerprint density at radius 1 is 1.20 bits per heavy atom. The van der Waals surface area contributed by atoms with E-state index in [0.717, 1.165) is 31.2 Å². The van der Waals surface area contributed by atoms with E-state index in [4.69, 9.17) is 17.3 Å². The molecule has 0 fully saturated rings. The molecule has 1 nitrogen and oxygen atoms in total. The average Bonchev–Trinajstić information content (AvgIpc) is 2.75. The van der Waals surface area contributed by atoms with Crippen LogP contribution < -0.4 is 5.73 Å². The van der Waals surface area contributed by atoms with Crippen LogP contribution in [0.15, 0.2) is 51.8 Å². The fourth-order valence-corrected chi connectivity index (χ4v) is 4.94. The molecule has 0 atom stereocenters. The first-order chi connectivity index (χ1) is 9.65. The van der Waals surface area contributed by atoms with E-state index in [1.807, 2.05) is 30.3 Å². The molecule has 2 aromatic carbocycles. The minimum Gasteiger partial charge on any atom is -0.398 e. The van der Waals surface area contributed by atoms with Crippen LogP contribution in [0.3, 0.4) is 0 Å². The minimum atomic E-state index is 0.793. The highest BCUT2D eigenvalue weighted by atomic mass is 79.9. The van der Waals surface area contributed by atoms with Gasteiger partial charge in [-0.25, -0.2) is 0 Å². The highest BCUT2D eigenvalue weighted by Gasteiger charge is 2.10. The van der Waals surface area contributed by atoms with E-state index < -0.39 is 0 Å². The maximum absolute atomic E-state index is 6.45. The zero-order valence-electron chi connectivity index (χ0n) is 10.4. The van der Waals surface area contributed by atoms with Gasteiger partial charge in [0.25, 0.3) is 0 Å². The van der Waals surface area contributed by atoms with Gasteiger partial charge >= 0.3 is 0 Å². The number of halogens is 2. The van der Waals surface area contributed by atoms with E-state index in [1.165, 1.54) is 9.58 Å². The second kappa shape index (κ2) is 5.98. The van der Waals surface area contributed by atoms with Crippen molar-refractivity contribution in [2.75, 3.05) is 5.73 Å². The van der Waals surface area contributed by atoms with Crippen molar-refractivity contribution < 1.29 is 0 Å². The summed E-state index contributed by atoms with van der Waals surface area (Å²) in [7, 11) is 0. The monoisotopic (exact) mass is 383 g/mol. The molecule has 0 amide bonds. The van der Waals surface area contributed by atoms with Gasteiger partial charge in [0, 0.05) is 35.8 Å². The first-order valence-electron chi connectivity index (χ1n) is 5.99. The Hall–Kier alpha value is -0.680. The summed E-state index contributed by atoms with van der Waals surface area (Å²) in [5.41, 5.74) is 6.81. The van der Waals surface area contributed by atoms with Gasteiger partial charge in [-0.05, 0) is 24.3 Å². The molecular formula is C15H11BrClNS2. The summed E-state index contributed by atoms with van der Waals surface area (Å²) in [5, 5.41) is 2.01. The van der Waals surface area contributed by atoms with E-state index in [9.17, 15) is 0 Å². The molecule has 0 radical (unpaired) electrons. The van der Waals surface area contributed by atoms with Crippen LogP contribution in [0.4, 0.5) is 5.69 Å². The van der Waals surface area contributed by atoms with Crippen LogP contribution >= 0.6 is 50.6 Å². The fraction of sp³-hybridized carbons (Fsp3) is 0.0667. The predicted octanol–water partition coefficient (Wildman–Crippen LogP) is 6.19. The topological polar surface area (TPSA) is 26.0 Å². The fourth-order valence-electron chi connectivity index (χ4n) is 1.95. The Bertz CT molecular complexity index is 770. The number of thioether (sulfide) groups is 1. The summed E-state index contributed by atoms with van der Waals surface area (Å²) >= 11 is 13.3. The summed E-state index contributed by atoms with van der Waals surface area (Å²) in [6, 6.07) is 14.2. The second-order valence-corrected chi connectivity index (χ2v) is 7.75. The number of hydrogen-bond acceptors (Lipinski definition) is 3. The Balaban J connectivity index is 1.85. The SMILES string of the molecule is Nc1cc(Br)ccc1SCc1sc2ccccc2c1Cl. The number of rotatable bonds is 3. The zero-order valence-corrected chi connectivity index (χ0v) is 14.4. The van der Waals surface area contributed by atoms with Gasteiger partial charge in [0.15, 0.2) is 0 Å². The van der Waals surface area contributed by atoms with E-state index in [2.05, 4.69) is 28.1 Å². The zero-order chi connectivity index (χ0) is 14.1. The molecule has 2 N–H and O–H groups in total. The average molecular weight is 385 g/mol. The molecule has 1 heterocycles. The third-order valence-electron chi connectivity index (χ3n) is 2.93. The number of nitrogen functional groups attached to an aromatic ring is 1. The molecular weight excluding hydrogens is 374 g/mol. The molecule has 0 saturated carbocycles. The van der Waals surface area contributed by atoms with Crippen molar-refractivity contribution in [1.29, 1.82) is 0 Å². The van der Waals surface area contributed by atoms with Crippen LogP contribution in [-0.4, -0.2) is 0 Å². The molecule has 3 aromatic rings. The molecule has 102 valence electrons. The van der Waals surface area contributed by atoms with Crippen LogP contribution in [0.1, 0.15) is 4.88 Å². The number of hydrogen-bond donors (Lipinski definition) is 1. The highest BCUT2D eigenvalue weighted by Crippen LogP contribution is 2.39. The van der Waals surface area contributed by atoms with Crippen LogP contribution in [-0.2, 0) is 5.75 Å². The highest BCUT2D eigenvalue weighted by molar-refractivity contribution is 9.10. The lowest BCUT2D eigenvalue weighted by Gasteiger charge is -2.05. The Labute approximate surface area is 139 Å². The smallest absolute Gasteiger partial charge is 0.0632 e. The normalized spacial score (nSPS) is 11.1. The lowest BCUT2D eigenvalue weighted by atomic mass is 10.2. The summed E-state index contributed by atoms with van der Waals surface area (Å²) in [5.74, 6) is 0.837. The summed E-state index contributed by atoms with van der Waals surface area (Å²) in [4.78, 5) is 2.28. The van der Waals surface area contributed by atoms with Crippen molar-refractivity contribution in [3.8, 4) is 0 Å². The molecule has 3 rings (SSSR count). The van der Waals surface area contributed by atoms with Crippen LogP contribution in [0.5, 0.6) is 0 Å². The van der Waals surface area contributed by atoms with Crippen LogP contribution in [0.2, 0.25) is 5.02 Å². The van der Waals surface area contributed by atoms with Crippen molar-refractivity contribution in [2.45, 2.75) is 10.6 Å². The molecule has 0 bridgehead atoms. The molecule has 0 spiro atoms.